The first kappa shape index (κ1) is 8.80. The molecule has 2 N–H and O–H groups in total. The second-order valence-corrected chi connectivity index (χ2v) is 4.52. The summed E-state index contributed by atoms with van der Waals surface area (Å²) >= 11 is 3.04. The average Bonchev–Trinajstić information content (AvgIpc) is 2.72. The second kappa shape index (κ2) is 3.53. The van der Waals surface area contributed by atoms with Crippen LogP contribution in [-0.2, 0) is 0 Å². The zero-order chi connectivity index (χ0) is 9.26. The Kier molecular flexibility index (Phi) is 2.39. The van der Waals surface area contributed by atoms with Gasteiger partial charge in [-0.25, -0.2) is 0 Å². The minimum Gasteiger partial charge on any atom is -0.319 e. The first-order valence-electron chi connectivity index (χ1n) is 3.85. The maximum atomic E-state index is 5.98. The molecule has 2 rings (SSSR count). The predicted octanol–water partition coefficient (Wildman–Crippen LogP) is 1.96. The fraction of sp³-hybridized carbons (Fsp3) is 0.250. The van der Waals surface area contributed by atoms with Gasteiger partial charge in [0, 0.05) is 10.3 Å². The summed E-state index contributed by atoms with van der Waals surface area (Å²) in [5.74, 6) is 0. The van der Waals surface area contributed by atoms with Crippen molar-refractivity contribution in [3.63, 3.8) is 0 Å². The van der Waals surface area contributed by atoms with E-state index in [-0.39, 0.29) is 6.04 Å². The molecule has 13 heavy (non-hydrogen) atoms. The number of rotatable bonds is 2. The summed E-state index contributed by atoms with van der Waals surface area (Å²) in [5, 5.41) is 7.91. The van der Waals surface area contributed by atoms with E-state index in [1.807, 2.05) is 5.38 Å². The van der Waals surface area contributed by atoms with E-state index in [0.29, 0.717) is 0 Å². The number of thiophene rings is 1. The predicted molar refractivity (Wildman–Crippen MR) is 55.0 cm³/mol. The lowest BCUT2D eigenvalue weighted by molar-refractivity contribution is 0.821. The van der Waals surface area contributed by atoms with Crippen molar-refractivity contribution in [3.05, 3.63) is 33.0 Å². The monoisotopic (exact) mass is 211 g/mol. The second-order valence-electron chi connectivity index (χ2n) is 2.80. The molecule has 0 saturated heterocycles. The molecular weight excluding hydrogens is 202 g/mol. The lowest BCUT2D eigenvalue weighted by Gasteiger charge is -2.03. The van der Waals surface area contributed by atoms with Crippen LogP contribution in [0.1, 0.15) is 22.2 Å². The Morgan fingerprint density at radius 2 is 2.31 bits per heavy atom. The zero-order valence-corrected chi connectivity index (χ0v) is 8.73. The number of hydrogen-bond donors (Lipinski definition) is 1. The van der Waals surface area contributed by atoms with Crippen LogP contribution >= 0.6 is 22.9 Å². The van der Waals surface area contributed by atoms with Crippen molar-refractivity contribution in [3.8, 4) is 0 Å². The summed E-state index contributed by atoms with van der Waals surface area (Å²) in [7, 11) is 0. The highest BCUT2D eigenvalue weighted by Crippen LogP contribution is 2.23. The van der Waals surface area contributed by atoms with E-state index in [4.69, 9.17) is 5.73 Å². The summed E-state index contributed by atoms with van der Waals surface area (Å²) in [6, 6.07) is 1.97. The van der Waals surface area contributed by atoms with E-state index in [0.717, 1.165) is 11.3 Å². The van der Waals surface area contributed by atoms with Gasteiger partial charge in [0.1, 0.15) is 0 Å². The fourth-order valence-corrected chi connectivity index (χ4v) is 2.34. The molecule has 0 fully saturated rings. The summed E-state index contributed by atoms with van der Waals surface area (Å²) in [4.78, 5) is 1.27. The number of nitrogens with zero attached hydrogens (tertiary/aromatic N) is 2. The lowest BCUT2D eigenvalue weighted by Crippen LogP contribution is -2.11. The quantitative estimate of drug-likeness (QED) is 0.826. The molecule has 0 aliphatic rings. The molecule has 0 saturated carbocycles. The van der Waals surface area contributed by atoms with Crippen LogP contribution in [0.15, 0.2) is 16.8 Å². The van der Waals surface area contributed by atoms with Crippen molar-refractivity contribution in [1.82, 2.24) is 9.59 Å². The molecule has 2 heterocycles. The van der Waals surface area contributed by atoms with E-state index in [2.05, 4.69) is 28.0 Å². The molecule has 2 aromatic heterocycles. The largest absolute Gasteiger partial charge is 0.319 e. The smallest absolute Gasteiger partial charge is 0.0968 e. The summed E-state index contributed by atoms with van der Waals surface area (Å²) in [6.45, 7) is 2.07. The molecule has 0 bridgehead atoms. The molecule has 1 unspecified atom stereocenters. The Hall–Kier alpha value is -0.780. The molecule has 0 aromatic carbocycles. The summed E-state index contributed by atoms with van der Waals surface area (Å²) in [6.07, 6.45) is 0. The first-order valence-corrected chi connectivity index (χ1v) is 5.56. The topological polar surface area (TPSA) is 51.8 Å². The van der Waals surface area contributed by atoms with E-state index in [1.54, 1.807) is 11.3 Å². The molecular formula is C8H9N3S2. The van der Waals surface area contributed by atoms with E-state index < -0.39 is 0 Å². The van der Waals surface area contributed by atoms with Gasteiger partial charge in [0.15, 0.2) is 0 Å². The maximum Gasteiger partial charge on any atom is 0.0968 e. The van der Waals surface area contributed by atoms with Gasteiger partial charge in [0.2, 0.25) is 0 Å². The Balaban J connectivity index is 2.28. The molecule has 0 aliphatic heterocycles. The minimum atomic E-state index is -0.122. The molecule has 0 spiro atoms. The van der Waals surface area contributed by atoms with Crippen LogP contribution in [0.2, 0.25) is 0 Å². The Bertz CT molecular complexity index is 380. The van der Waals surface area contributed by atoms with Crippen molar-refractivity contribution in [2.75, 3.05) is 0 Å². The van der Waals surface area contributed by atoms with Gasteiger partial charge in [-0.15, -0.1) is 16.4 Å². The molecule has 3 nitrogen and oxygen atoms in total. The van der Waals surface area contributed by atoms with Crippen molar-refractivity contribution in [1.29, 1.82) is 0 Å². The average molecular weight is 211 g/mol. The van der Waals surface area contributed by atoms with Crippen LogP contribution in [0.5, 0.6) is 0 Å². The summed E-state index contributed by atoms with van der Waals surface area (Å²) in [5.41, 5.74) is 7.96. The number of aromatic nitrogens is 2. The van der Waals surface area contributed by atoms with Gasteiger partial charge in [-0.05, 0) is 35.5 Å². The minimum absolute atomic E-state index is 0.122. The van der Waals surface area contributed by atoms with Gasteiger partial charge in [-0.1, -0.05) is 4.49 Å². The fourth-order valence-electron chi connectivity index (χ4n) is 1.10. The van der Waals surface area contributed by atoms with E-state index in [1.165, 1.54) is 16.4 Å². The molecule has 0 aliphatic carbocycles. The molecule has 2 aromatic rings. The van der Waals surface area contributed by atoms with Crippen molar-refractivity contribution in [2.24, 2.45) is 5.73 Å². The standard InChI is InChI=1S/C8H9N3S2/c1-5-2-6(3-12-5)8(9)7-4-13-11-10-7/h2-4,8H,9H2,1H3. The zero-order valence-electron chi connectivity index (χ0n) is 7.10. The number of hydrogen-bond acceptors (Lipinski definition) is 5. The van der Waals surface area contributed by atoms with Crippen molar-refractivity contribution >= 4 is 22.9 Å². The van der Waals surface area contributed by atoms with Gasteiger partial charge in [0.05, 0.1) is 11.7 Å². The van der Waals surface area contributed by atoms with Gasteiger partial charge in [-0.3, -0.25) is 0 Å². The highest BCUT2D eigenvalue weighted by Gasteiger charge is 2.12. The van der Waals surface area contributed by atoms with Crippen LogP contribution in [0.3, 0.4) is 0 Å². The van der Waals surface area contributed by atoms with Crippen LogP contribution in [0.4, 0.5) is 0 Å². The van der Waals surface area contributed by atoms with Gasteiger partial charge in [0.25, 0.3) is 0 Å². The Morgan fingerprint density at radius 3 is 2.85 bits per heavy atom. The molecule has 1 atom stereocenters. The maximum absolute atomic E-state index is 5.98. The molecule has 5 heteroatoms. The molecule has 0 amide bonds. The molecule has 68 valence electrons. The van der Waals surface area contributed by atoms with Crippen LogP contribution in [-0.4, -0.2) is 9.59 Å². The van der Waals surface area contributed by atoms with Crippen LogP contribution in [0, 0.1) is 6.92 Å². The highest BCUT2D eigenvalue weighted by molar-refractivity contribution is 7.10. The van der Waals surface area contributed by atoms with Crippen LogP contribution < -0.4 is 5.73 Å². The van der Waals surface area contributed by atoms with E-state index >= 15 is 0 Å². The Labute approximate surface area is 84.4 Å². The van der Waals surface area contributed by atoms with Crippen molar-refractivity contribution in [2.45, 2.75) is 13.0 Å². The third-order valence-corrected chi connectivity index (χ3v) is 3.21. The number of nitrogens with two attached hydrogens (primary N) is 1. The SMILES string of the molecule is Cc1cc(C(N)c2csnn2)cs1. The normalized spacial score (nSPS) is 13.1. The van der Waals surface area contributed by atoms with Gasteiger partial charge < -0.3 is 5.73 Å². The van der Waals surface area contributed by atoms with E-state index in [9.17, 15) is 0 Å². The third kappa shape index (κ3) is 1.77. The molecule has 0 radical (unpaired) electrons. The number of aryl methyl sites for hydroxylation is 1. The third-order valence-electron chi connectivity index (χ3n) is 1.81. The highest BCUT2D eigenvalue weighted by atomic mass is 32.1. The Morgan fingerprint density at radius 1 is 1.46 bits per heavy atom. The summed E-state index contributed by atoms with van der Waals surface area (Å²) < 4.78 is 3.79. The van der Waals surface area contributed by atoms with Crippen LogP contribution in [0.25, 0.3) is 0 Å². The first-order chi connectivity index (χ1) is 6.27. The lowest BCUT2D eigenvalue weighted by atomic mass is 10.1. The van der Waals surface area contributed by atoms with Crippen molar-refractivity contribution < 1.29 is 0 Å². The van der Waals surface area contributed by atoms with Gasteiger partial charge in [-0.2, -0.15) is 0 Å². The van der Waals surface area contributed by atoms with Gasteiger partial charge >= 0.3 is 0 Å².